The van der Waals surface area contributed by atoms with Crippen LogP contribution in [0.2, 0.25) is 0 Å². The molecule has 2 rings (SSSR count). The van der Waals surface area contributed by atoms with Crippen molar-refractivity contribution in [2.45, 2.75) is 6.54 Å². The van der Waals surface area contributed by atoms with Crippen molar-refractivity contribution in [3.63, 3.8) is 0 Å². The minimum atomic E-state index is -0.829. The van der Waals surface area contributed by atoms with Crippen LogP contribution in [0.25, 0.3) is 0 Å². The Morgan fingerprint density at radius 3 is 2.18 bits per heavy atom. The molecule has 112 valence electrons. The molecule has 7 nitrogen and oxygen atoms in total. The van der Waals surface area contributed by atoms with Gasteiger partial charge in [0.2, 0.25) is 0 Å². The van der Waals surface area contributed by atoms with Gasteiger partial charge in [0.1, 0.15) is 0 Å². The Labute approximate surface area is 126 Å². The Balaban J connectivity index is 1.88. The summed E-state index contributed by atoms with van der Waals surface area (Å²) < 4.78 is 0. The summed E-state index contributed by atoms with van der Waals surface area (Å²) in [7, 11) is 0. The average molecular weight is 299 g/mol. The van der Waals surface area contributed by atoms with Gasteiger partial charge in [-0.25, -0.2) is 0 Å². The van der Waals surface area contributed by atoms with Crippen molar-refractivity contribution >= 4 is 23.2 Å². The molecule has 2 aromatic rings. The molecule has 0 aliphatic heterocycles. The first kappa shape index (κ1) is 15.2. The van der Waals surface area contributed by atoms with Crippen molar-refractivity contribution in [2.75, 3.05) is 5.32 Å². The third-order valence-corrected chi connectivity index (χ3v) is 2.84. The summed E-state index contributed by atoms with van der Waals surface area (Å²) in [6, 6.07) is 14.4. The highest BCUT2D eigenvalue weighted by molar-refractivity contribution is 6.39. The fourth-order valence-corrected chi connectivity index (χ4v) is 1.71. The number of amides is 2. The molecule has 2 aromatic carbocycles. The Bertz CT molecular complexity index is 684. The van der Waals surface area contributed by atoms with Crippen molar-refractivity contribution in [2.24, 2.45) is 0 Å². The van der Waals surface area contributed by atoms with E-state index in [0.29, 0.717) is 5.69 Å². The Kier molecular flexibility index (Phi) is 4.81. The zero-order chi connectivity index (χ0) is 15.9. The number of hydrogen-bond acceptors (Lipinski definition) is 4. The van der Waals surface area contributed by atoms with Gasteiger partial charge in [-0.05, 0) is 17.7 Å². The second kappa shape index (κ2) is 6.98. The first-order valence-electron chi connectivity index (χ1n) is 6.44. The molecule has 0 unspecified atom stereocenters. The molecule has 0 aromatic heterocycles. The standard InChI is InChI=1S/C15H13N3O4/c19-14(16-10-11-4-2-1-3-5-11)15(20)17-12-6-8-13(9-7-12)18(21)22/h1-9H,10H2,(H,16,19)(H,17,20). The Hall–Kier alpha value is -3.22. The molecular weight excluding hydrogens is 286 g/mol. The summed E-state index contributed by atoms with van der Waals surface area (Å²) in [4.78, 5) is 33.3. The van der Waals surface area contributed by atoms with Crippen LogP contribution in [0.5, 0.6) is 0 Å². The minimum Gasteiger partial charge on any atom is -0.344 e. The molecule has 0 aliphatic rings. The number of rotatable bonds is 4. The molecule has 0 atom stereocenters. The van der Waals surface area contributed by atoms with Gasteiger partial charge in [-0.3, -0.25) is 19.7 Å². The van der Waals surface area contributed by atoms with E-state index >= 15 is 0 Å². The molecular formula is C15H13N3O4. The van der Waals surface area contributed by atoms with Crippen LogP contribution in [0.4, 0.5) is 11.4 Å². The van der Waals surface area contributed by atoms with Gasteiger partial charge in [0.15, 0.2) is 0 Å². The monoisotopic (exact) mass is 299 g/mol. The lowest BCUT2D eigenvalue weighted by Gasteiger charge is -2.06. The maximum atomic E-state index is 11.7. The number of carbonyl (C=O) groups is 2. The van der Waals surface area contributed by atoms with Crippen LogP contribution in [0.1, 0.15) is 5.56 Å². The number of carbonyl (C=O) groups excluding carboxylic acids is 2. The number of nitro benzene ring substituents is 1. The van der Waals surface area contributed by atoms with Crippen molar-refractivity contribution in [1.82, 2.24) is 5.32 Å². The first-order valence-corrected chi connectivity index (χ1v) is 6.44. The van der Waals surface area contributed by atoms with Crippen molar-refractivity contribution in [3.05, 3.63) is 70.3 Å². The molecule has 2 N–H and O–H groups in total. The van der Waals surface area contributed by atoms with E-state index in [2.05, 4.69) is 10.6 Å². The van der Waals surface area contributed by atoms with Gasteiger partial charge in [-0.15, -0.1) is 0 Å². The summed E-state index contributed by atoms with van der Waals surface area (Å²) in [5, 5.41) is 15.4. The zero-order valence-corrected chi connectivity index (χ0v) is 11.5. The highest BCUT2D eigenvalue weighted by atomic mass is 16.6. The van der Waals surface area contributed by atoms with E-state index in [1.165, 1.54) is 24.3 Å². The molecule has 0 aliphatic carbocycles. The van der Waals surface area contributed by atoms with Gasteiger partial charge in [0, 0.05) is 24.4 Å². The second-order valence-corrected chi connectivity index (χ2v) is 4.43. The van der Waals surface area contributed by atoms with Crippen LogP contribution in [-0.4, -0.2) is 16.7 Å². The maximum Gasteiger partial charge on any atom is 0.313 e. The number of nitrogens with one attached hydrogen (secondary N) is 2. The molecule has 0 saturated heterocycles. The van der Waals surface area contributed by atoms with Crippen LogP contribution in [0.15, 0.2) is 54.6 Å². The number of hydrogen-bond donors (Lipinski definition) is 2. The SMILES string of the molecule is O=C(NCc1ccccc1)C(=O)Nc1ccc([N+](=O)[O-])cc1. The van der Waals surface area contributed by atoms with Gasteiger partial charge in [-0.1, -0.05) is 30.3 Å². The van der Waals surface area contributed by atoms with E-state index in [4.69, 9.17) is 0 Å². The molecule has 0 heterocycles. The van der Waals surface area contributed by atoms with E-state index in [1.807, 2.05) is 30.3 Å². The lowest BCUT2D eigenvalue weighted by Crippen LogP contribution is -2.34. The van der Waals surface area contributed by atoms with E-state index in [-0.39, 0.29) is 12.2 Å². The second-order valence-electron chi connectivity index (χ2n) is 4.43. The molecule has 22 heavy (non-hydrogen) atoms. The number of nitro groups is 1. The minimum absolute atomic E-state index is 0.0912. The van der Waals surface area contributed by atoms with E-state index in [0.717, 1.165) is 5.56 Å². The molecule has 2 amide bonds. The fourth-order valence-electron chi connectivity index (χ4n) is 1.71. The molecule has 0 saturated carbocycles. The van der Waals surface area contributed by atoms with Gasteiger partial charge in [0.25, 0.3) is 5.69 Å². The topological polar surface area (TPSA) is 101 Å². The summed E-state index contributed by atoms with van der Waals surface area (Å²) in [5.74, 6) is -1.60. The molecule has 0 spiro atoms. The van der Waals surface area contributed by atoms with E-state index < -0.39 is 16.7 Å². The third kappa shape index (κ3) is 4.14. The van der Waals surface area contributed by atoms with Crippen molar-refractivity contribution in [3.8, 4) is 0 Å². The van der Waals surface area contributed by atoms with Crippen LogP contribution in [-0.2, 0) is 16.1 Å². The van der Waals surface area contributed by atoms with Crippen LogP contribution in [0.3, 0.4) is 0 Å². The van der Waals surface area contributed by atoms with Crippen LogP contribution < -0.4 is 10.6 Å². The number of benzene rings is 2. The molecule has 0 bridgehead atoms. The Morgan fingerprint density at radius 1 is 0.955 bits per heavy atom. The lowest BCUT2D eigenvalue weighted by molar-refractivity contribution is -0.384. The van der Waals surface area contributed by atoms with Gasteiger partial charge in [0.05, 0.1) is 4.92 Å². The van der Waals surface area contributed by atoms with E-state index in [9.17, 15) is 19.7 Å². The smallest absolute Gasteiger partial charge is 0.313 e. The van der Waals surface area contributed by atoms with Crippen molar-refractivity contribution < 1.29 is 14.5 Å². The van der Waals surface area contributed by atoms with Gasteiger partial charge >= 0.3 is 11.8 Å². The fraction of sp³-hybridized carbons (Fsp3) is 0.0667. The summed E-state index contributed by atoms with van der Waals surface area (Å²) in [5.41, 5.74) is 1.09. The lowest BCUT2D eigenvalue weighted by atomic mass is 10.2. The highest BCUT2D eigenvalue weighted by Gasteiger charge is 2.14. The average Bonchev–Trinajstić information content (AvgIpc) is 2.54. The van der Waals surface area contributed by atoms with Gasteiger partial charge in [-0.2, -0.15) is 0 Å². The van der Waals surface area contributed by atoms with Gasteiger partial charge < -0.3 is 10.6 Å². The number of nitrogens with zero attached hydrogens (tertiary/aromatic N) is 1. The zero-order valence-electron chi connectivity index (χ0n) is 11.5. The maximum absolute atomic E-state index is 11.7. The summed E-state index contributed by atoms with van der Waals surface area (Å²) >= 11 is 0. The Morgan fingerprint density at radius 2 is 1.59 bits per heavy atom. The highest BCUT2D eigenvalue weighted by Crippen LogP contribution is 2.15. The first-order chi connectivity index (χ1) is 10.6. The largest absolute Gasteiger partial charge is 0.344 e. The predicted molar refractivity (Wildman–Crippen MR) is 80.0 cm³/mol. The molecule has 0 fully saturated rings. The van der Waals surface area contributed by atoms with Crippen LogP contribution >= 0.6 is 0 Å². The summed E-state index contributed by atoms with van der Waals surface area (Å²) in [6.45, 7) is 0.243. The quantitative estimate of drug-likeness (QED) is 0.511. The summed E-state index contributed by atoms with van der Waals surface area (Å²) in [6.07, 6.45) is 0. The molecule has 0 radical (unpaired) electrons. The third-order valence-electron chi connectivity index (χ3n) is 2.84. The number of non-ortho nitro benzene ring substituents is 1. The molecule has 7 heteroatoms. The van der Waals surface area contributed by atoms with E-state index in [1.54, 1.807) is 0 Å². The van der Waals surface area contributed by atoms with Crippen LogP contribution in [0, 0.1) is 10.1 Å². The predicted octanol–water partition coefficient (Wildman–Crippen LogP) is 1.85. The number of anilines is 1. The van der Waals surface area contributed by atoms with Crippen molar-refractivity contribution in [1.29, 1.82) is 0 Å². The normalized spacial score (nSPS) is 9.82.